The molecule has 0 aromatic heterocycles. The van der Waals surface area contributed by atoms with Crippen LogP contribution in [-0.2, 0) is 0 Å². The number of carbonyl (C=O) groups is 1. The van der Waals surface area contributed by atoms with Gasteiger partial charge in [-0.15, -0.1) is 0 Å². The summed E-state index contributed by atoms with van der Waals surface area (Å²) >= 11 is 5.68. The number of hydrazone groups is 1. The van der Waals surface area contributed by atoms with E-state index in [1.807, 2.05) is 13.0 Å². The van der Waals surface area contributed by atoms with Crippen molar-refractivity contribution in [1.29, 1.82) is 0 Å². The number of halogens is 1. The molecule has 0 fully saturated rings. The number of allylic oxidation sites excluding steroid dienone is 2. The second-order valence-electron chi connectivity index (χ2n) is 2.90. The molecule has 0 atom stereocenters. The highest BCUT2D eigenvalue weighted by atomic mass is 35.5. The Balaban J connectivity index is 2.38. The van der Waals surface area contributed by atoms with Crippen LogP contribution in [0.1, 0.15) is 13.3 Å². The van der Waals surface area contributed by atoms with Crippen LogP contribution >= 0.6 is 11.6 Å². The number of nitrogens with zero attached hydrogens (tertiary/aromatic N) is 2. The first-order valence-electron chi connectivity index (χ1n) is 3.89. The van der Waals surface area contributed by atoms with E-state index < -0.39 is 0 Å². The van der Waals surface area contributed by atoms with Crippen molar-refractivity contribution in [1.82, 2.24) is 10.3 Å². The van der Waals surface area contributed by atoms with Gasteiger partial charge < -0.3 is 0 Å². The number of nitrogens with one attached hydrogen (secondary N) is 1. The fourth-order valence-corrected chi connectivity index (χ4v) is 1.40. The van der Waals surface area contributed by atoms with Crippen molar-refractivity contribution in [2.45, 2.75) is 13.3 Å². The predicted molar refractivity (Wildman–Crippen MR) is 50.1 cm³/mol. The molecule has 1 N–H and O–H groups in total. The summed E-state index contributed by atoms with van der Waals surface area (Å²) in [5.74, 6) is 0. The average molecular weight is 198 g/mol. The minimum Gasteiger partial charge on any atom is -0.296 e. The lowest BCUT2D eigenvalue weighted by Gasteiger charge is -2.26. The van der Waals surface area contributed by atoms with Gasteiger partial charge in [-0.1, -0.05) is 17.7 Å². The number of amides is 2. The van der Waals surface area contributed by atoms with Gasteiger partial charge in [-0.2, -0.15) is 10.1 Å². The van der Waals surface area contributed by atoms with Crippen LogP contribution in [0.15, 0.2) is 28.1 Å². The zero-order chi connectivity index (χ0) is 9.42. The lowest BCUT2D eigenvalue weighted by molar-refractivity contribution is 0.214. The zero-order valence-corrected chi connectivity index (χ0v) is 7.80. The Bertz CT molecular complexity index is 356. The summed E-state index contributed by atoms with van der Waals surface area (Å²) in [5.41, 5.74) is 1.64. The van der Waals surface area contributed by atoms with Crippen molar-refractivity contribution in [3.63, 3.8) is 0 Å². The molecule has 0 spiro atoms. The third-order valence-corrected chi connectivity index (χ3v) is 2.02. The molecule has 2 aliphatic heterocycles. The Kier molecular flexibility index (Phi) is 1.84. The van der Waals surface area contributed by atoms with Crippen molar-refractivity contribution in [2.75, 3.05) is 0 Å². The van der Waals surface area contributed by atoms with Gasteiger partial charge in [0.05, 0.1) is 5.70 Å². The molecule has 2 heterocycles. The van der Waals surface area contributed by atoms with Crippen LogP contribution in [0.2, 0.25) is 0 Å². The molecule has 5 heteroatoms. The summed E-state index contributed by atoms with van der Waals surface area (Å²) in [7, 11) is 0. The van der Waals surface area contributed by atoms with Crippen molar-refractivity contribution in [2.24, 2.45) is 5.10 Å². The molecule has 0 bridgehead atoms. The van der Waals surface area contributed by atoms with Crippen LogP contribution in [0.3, 0.4) is 0 Å². The molecule has 0 aliphatic carbocycles. The molecule has 0 radical (unpaired) electrons. The lowest BCUT2D eigenvalue weighted by Crippen LogP contribution is -2.39. The first kappa shape index (κ1) is 8.31. The number of rotatable bonds is 0. The second kappa shape index (κ2) is 2.88. The lowest BCUT2D eigenvalue weighted by atomic mass is 10.2. The largest absolute Gasteiger partial charge is 0.347 e. The standard InChI is InChI=1S/C8H8ClN3O/c1-5-2-3-6-4-7(9)10-8(13)12(6)11-5/h3-4H,2H2,1H3,(H,10,13). The van der Waals surface area contributed by atoms with Gasteiger partial charge >= 0.3 is 6.03 Å². The van der Waals surface area contributed by atoms with Gasteiger partial charge in [0.15, 0.2) is 0 Å². The first-order valence-corrected chi connectivity index (χ1v) is 4.27. The molecule has 4 nitrogen and oxygen atoms in total. The third-order valence-electron chi connectivity index (χ3n) is 1.82. The SMILES string of the molecule is CC1=NN2C(=O)NC(Cl)=CC2=CC1. The highest BCUT2D eigenvalue weighted by molar-refractivity contribution is 6.30. The van der Waals surface area contributed by atoms with Crippen LogP contribution in [0.5, 0.6) is 0 Å². The van der Waals surface area contributed by atoms with Crippen molar-refractivity contribution < 1.29 is 4.79 Å². The summed E-state index contributed by atoms with van der Waals surface area (Å²) in [6.07, 6.45) is 4.36. The van der Waals surface area contributed by atoms with Gasteiger partial charge in [-0.3, -0.25) is 5.32 Å². The van der Waals surface area contributed by atoms with Crippen molar-refractivity contribution in [3.05, 3.63) is 23.0 Å². The van der Waals surface area contributed by atoms with Crippen LogP contribution in [0.4, 0.5) is 4.79 Å². The maximum Gasteiger partial charge on any atom is 0.347 e. The molecule has 13 heavy (non-hydrogen) atoms. The predicted octanol–water partition coefficient (Wildman–Crippen LogP) is 1.76. The van der Waals surface area contributed by atoms with Crippen LogP contribution in [-0.4, -0.2) is 16.8 Å². The molecule has 0 aromatic rings. The highest BCUT2D eigenvalue weighted by Crippen LogP contribution is 2.21. The maximum atomic E-state index is 11.3. The Morgan fingerprint density at radius 2 is 2.46 bits per heavy atom. The van der Waals surface area contributed by atoms with Crippen LogP contribution in [0.25, 0.3) is 0 Å². The molecule has 2 aliphatic rings. The fourth-order valence-electron chi connectivity index (χ4n) is 1.21. The molecular weight excluding hydrogens is 190 g/mol. The Morgan fingerprint density at radius 3 is 3.23 bits per heavy atom. The molecule has 0 saturated heterocycles. The van der Waals surface area contributed by atoms with Crippen molar-refractivity contribution in [3.8, 4) is 0 Å². The number of carbonyl (C=O) groups excluding carboxylic acids is 1. The van der Waals surface area contributed by atoms with Gasteiger partial charge in [0.2, 0.25) is 0 Å². The third kappa shape index (κ3) is 1.45. The normalized spacial score (nSPS) is 21.2. The van der Waals surface area contributed by atoms with E-state index >= 15 is 0 Å². The monoisotopic (exact) mass is 197 g/mol. The van der Waals surface area contributed by atoms with Crippen molar-refractivity contribution >= 4 is 23.3 Å². The highest BCUT2D eigenvalue weighted by Gasteiger charge is 2.24. The topological polar surface area (TPSA) is 44.7 Å². The Morgan fingerprint density at radius 1 is 1.69 bits per heavy atom. The Hall–Kier alpha value is -1.29. The number of hydrogen-bond acceptors (Lipinski definition) is 2. The van der Waals surface area contributed by atoms with E-state index in [1.165, 1.54) is 5.01 Å². The van der Waals surface area contributed by atoms with Gasteiger partial charge in [0.1, 0.15) is 5.16 Å². The molecule has 0 aromatic carbocycles. The zero-order valence-electron chi connectivity index (χ0n) is 7.04. The fraction of sp³-hybridized carbons (Fsp3) is 0.250. The molecule has 0 unspecified atom stereocenters. The van der Waals surface area contributed by atoms with Crippen LogP contribution in [0, 0.1) is 0 Å². The second-order valence-corrected chi connectivity index (χ2v) is 3.31. The molecular formula is C8H8ClN3O. The molecule has 2 amide bonds. The van der Waals surface area contributed by atoms with E-state index in [2.05, 4.69) is 10.4 Å². The molecule has 2 rings (SSSR count). The maximum absolute atomic E-state index is 11.3. The van der Waals surface area contributed by atoms with E-state index in [1.54, 1.807) is 6.08 Å². The number of fused-ring (bicyclic) bond motifs is 1. The van der Waals surface area contributed by atoms with E-state index in [4.69, 9.17) is 11.6 Å². The smallest absolute Gasteiger partial charge is 0.296 e. The van der Waals surface area contributed by atoms with Gasteiger partial charge in [0, 0.05) is 12.1 Å². The van der Waals surface area contributed by atoms with E-state index in [0.29, 0.717) is 5.16 Å². The quantitative estimate of drug-likeness (QED) is 0.591. The van der Waals surface area contributed by atoms with E-state index in [9.17, 15) is 4.79 Å². The van der Waals surface area contributed by atoms with Crippen LogP contribution < -0.4 is 5.32 Å². The van der Waals surface area contributed by atoms with Gasteiger partial charge in [-0.25, -0.2) is 4.79 Å². The Labute approximate surface area is 80.5 Å². The van der Waals surface area contributed by atoms with E-state index in [0.717, 1.165) is 17.8 Å². The average Bonchev–Trinajstić information content (AvgIpc) is 2.06. The van der Waals surface area contributed by atoms with Gasteiger partial charge in [0.25, 0.3) is 0 Å². The summed E-state index contributed by atoms with van der Waals surface area (Å²) in [6.45, 7) is 1.88. The number of urea groups is 1. The summed E-state index contributed by atoms with van der Waals surface area (Å²) in [5, 5.41) is 8.20. The summed E-state index contributed by atoms with van der Waals surface area (Å²) in [6, 6.07) is -0.308. The summed E-state index contributed by atoms with van der Waals surface area (Å²) < 4.78 is 0. The van der Waals surface area contributed by atoms with E-state index in [-0.39, 0.29) is 6.03 Å². The first-order chi connectivity index (χ1) is 6.16. The minimum atomic E-state index is -0.308. The molecule has 0 saturated carbocycles. The molecule has 68 valence electrons. The minimum absolute atomic E-state index is 0.308. The number of hydrogen-bond donors (Lipinski definition) is 1. The van der Waals surface area contributed by atoms with Gasteiger partial charge in [-0.05, 0) is 13.0 Å². The summed E-state index contributed by atoms with van der Waals surface area (Å²) in [4.78, 5) is 11.3.